The van der Waals surface area contributed by atoms with Gasteiger partial charge in [-0.1, -0.05) is 41.9 Å². The molecule has 0 atom stereocenters. The number of hydrogen-bond donors (Lipinski definition) is 1. The lowest BCUT2D eigenvalue weighted by Crippen LogP contribution is -2.41. The molecule has 0 spiro atoms. The fourth-order valence-electron chi connectivity index (χ4n) is 3.26. The van der Waals surface area contributed by atoms with Crippen LogP contribution in [0.3, 0.4) is 0 Å². The first kappa shape index (κ1) is 26.5. The van der Waals surface area contributed by atoms with Crippen LogP contribution in [0.2, 0.25) is 5.02 Å². The Morgan fingerprint density at radius 3 is 2.26 bits per heavy atom. The van der Waals surface area contributed by atoms with Crippen LogP contribution in [0.1, 0.15) is 17.5 Å². The Morgan fingerprint density at radius 1 is 0.971 bits per heavy atom. The molecule has 0 radical (unpaired) electrons. The second kappa shape index (κ2) is 11.1. The predicted molar refractivity (Wildman–Crippen MR) is 125 cm³/mol. The van der Waals surface area contributed by atoms with Crippen LogP contribution in [0, 0.1) is 5.82 Å². The summed E-state index contributed by atoms with van der Waals surface area (Å²) < 4.78 is 80.1. The van der Waals surface area contributed by atoms with E-state index in [0.717, 1.165) is 17.7 Å². The number of amides is 1. The van der Waals surface area contributed by atoms with Gasteiger partial charge in [0.15, 0.2) is 0 Å². The summed E-state index contributed by atoms with van der Waals surface area (Å²) in [5, 5.41) is 2.31. The summed E-state index contributed by atoms with van der Waals surface area (Å²) in [5.74, 6) is -1.09. The molecular formula is C24H21ClF4N2O3S. The van der Waals surface area contributed by atoms with Crippen molar-refractivity contribution < 1.29 is 30.8 Å². The van der Waals surface area contributed by atoms with Crippen LogP contribution < -0.4 is 9.62 Å². The number of hydrogen-bond acceptors (Lipinski definition) is 3. The van der Waals surface area contributed by atoms with Gasteiger partial charge in [0, 0.05) is 6.54 Å². The van der Waals surface area contributed by atoms with Gasteiger partial charge in [-0.05, 0) is 60.9 Å². The fraction of sp³-hybridized carbons (Fsp3) is 0.208. The minimum absolute atomic E-state index is 0.172. The highest BCUT2D eigenvalue weighted by molar-refractivity contribution is 7.92. The Hall–Kier alpha value is -3.11. The van der Waals surface area contributed by atoms with E-state index in [1.54, 1.807) is 18.2 Å². The molecule has 5 nitrogen and oxygen atoms in total. The topological polar surface area (TPSA) is 66.5 Å². The molecule has 3 rings (SSSR count). The lowest BCUT2D eigenvalue weighted by atomic mass is 10.1. The second-order valence-electron chi connectivity index (χ2n) is 7.57. The summed E-state index contributed by atoms with van der Waals surface area (Å²) >= 11 is 6.09. The van der Waals surface area contributed by atoms with Crippen molar-refractivity contribution in [1.82, 2.24) is 5.32 Å². The molecule has 0 saturated carbocycles. The maximum Gasteiger partial charge on any atom is 0.416 e. The molecular weight excluding hydrogens is 508 g/mol. The van der Waals surface area contributed by atoms with E-state index in [2.05, 4.69) is 5.32 Å². The van der Waals surface area contributed by atoms with E-state index in [1.165, 1.54) is 36.4 Å². The number of carbonyl (C=O) groups is 1. The van der Waals surface area contributed by atoms with Gasteiger partial charge >= 0.3 is 6.18 Å². The molecule has 0 heterocycles. The van der Waals surface area contributed by atoms with Gasteiger partial charge in [-0.3, -0.25) is 9.10 Å². The Balaban J connectivity index is 1.81. The van der Waals surface area contributed by atoms with Gasteiger partial charge in [0.25, 0.3) is 10.0 Å². The molecule has 3 aromatic carbocycles. The lowest BCUT2D eigenvalue weighted by Gasteiger charge is -2.26. The van der Waals surface area contributed by atoms with Gasteiger partial charge in [-0.15, -0.1) is 0 Å². The molecule has 0 aliphatic rings. The number of nitrogens with one attached hydrogen (secondary N) is 1. The zero-order chi connectivity index (χ0) is 25.6. The minimum atomic E-state index is -4.75. The van der Waals surface area contributed by atoms with Crippen molar-refractivity contribution in [3.8, 4) is 0 Å². The summed E-state index contributed by atoms with van der Waals surface area (Å²) in [6, 6.07) is 15.2. The molecule has 11 heteroatoms. The maximum atomic E-state index is 13.3. The normalized spacial score (nSPS) is 11.8. The average Bonchev–Trinajstić information content (AvgIpc) is 2.82. The number of anilines is 1. The number of benzene rings is 3. The quantitative estimate of drug-likeness (QED) is 0.297. The highest BCUT2D eigenvalue weighted by Crippen LogP contribution is 2.37. The SMILES string of the molecule is O=C(CN(c1cc(C(F)(F)F)ccc1Cl)S(=O)(=O)c1ccccc1)NCCCc1ccc(F)cc1. The number of nitrogens with zero attached hydrogens (tertiary/aromatic N) is 1. The average molecular weight is 529 g/mol. The number of aryl methyl sites for hydroxylation is 1. The third-order valence-electron chi connectivity index (χ3n) is 5.04. The van der Waals surface area contributed by atoms with E-state index < -0.39 is 39.9 Å². The van der Waals surface area contributed by atoms with Crippen molar-refractivity contribution in [2.45, 2.75) is 23.9 Å². The van der Waals surface area contributed by atoms with Crippen molar-refractivity contribution >= 4 is 33.2 Å². The largest absolute Gasteiger partial charge is 0.416 e. The van der Waals surface area contributed by atoms with Crippen molar-refractivity contribution in [1.29, 1.82) is 0 Å². The summed E-state index contributed by atoms with van der Waals surface area (Å²) in [6.45, 7) is -0.611. The molecule has 1 N–H and O–H groups in total. The summed E-state index contributed by atoms with van der Waals surface area (Å²) in [5.41, 5.74) is -0.721. The molecule has 186 valence electrons. The number of rotatable bonds is 9. The predicted octanol–water partition coefficient (Wildman–Crippen LogP) is 5.44. The van der Waals surface area contributed by atoms with Crippen molar-refractivity contribution in [3.05, 3.63) is 94.8 Å². The van der Waals surface area contributed by atoms with E-state index >= 15 is 0 Å². The number of sulfonamides is 1. The molecule has 3 aromatic rings. The van der Waals surface area contributed by atoms with E-state index in [-0.39, 0.29) is 22.3 Å². The van der Waals surface area contributed by atoms with Crippen molar-refractivity contribution in [2.24, 2.45) is 0 Å². The fourth-order valence-corrected chi connectivity index (χ4v) is 4.98. The van der Waals surface area contributed by atoms with Crippen LogP contribution in [0.4, 0.5) is 23.2 Å². The summed E-state index contributed by atoms with van der Waals surface area (Å²) in [7, 11) is -4.43. The standard InChI is InChI=1S/C24H21ClF4N2O3S/c25-21-13-10-18(24(27,28)29)15-22(21)31(35(33,34)20-6-2-1-3-7-20)16-23(32)30-14-4-5-17-8-11-19(26)12-9-17/h1-3,6-13,15H,4-5,14,16H2,(H,30,32). The van der Waals surface area contributed by atoms with E-state index in [0.29, 0.717) is 23.2 Å². The van der Waals surface area contributed by atoms with E-state index in [9.17, 15) is 30.8 Å². The highest BCUT2D eigenvalue weighted by Gasteiger charge is 2.34. The molecule has 0 bridgehead atoms. The van der Waals surface area contributed by atoms with Gasteiger partial charge in [-0.2, -0.15) is 13.2 Å². The zero-order valence-corrected chi connectivity index (χ0v) is 19.8. The zero-order valence-electron chi connectivity index (χ0n) is 18.2. The van der Waals surface area contributed by atoms with Gasteiger partial charge < -0.3 is 5.32 Å². The minimum Gasteiger partial charge on any atom is -0.355 e. The molecule has 0 aromatic heterocycles. The Labute approximate surface area is 205 Å². The Morgan fingerprint density at radius 2 is 1.63 bits per heavy atom. The lowest BCUT2D eigenvalue weighted by molar-refractivity contribution is -0.137. The molecule has 35 heavy (non-hydrogen) atoms. The number of carbonyl (C=O) groups excluding carboxylic acids is 1. The second-order valence-corrected chi connectivity index (χ2v) is 9.84. The van der Waals surface area contributed by atoms with Crippen molar-refractivity contribution in [3.63, 3.8) is 0 Å². The first-order chi connectivity index (χ1) is 16.5. The third kappa shape index (κ3) is 6.95. The molecule has 0 unspecified atom stereocenters. The highest BCUT2D eigenvalue weighted by atomic mass is 35.5. The maximum absolute atomic E-state index is 13.3. The molecule has 1 amide bonds. The molecule has 0 fully saturated rings. The number of alkyl halides is 3. The van der Waals surface area contributed by atoms with Gasteiger partial charge in [0.2, 0.25) is 5.91 Å². The molecule has 0 aliphatic carbocycles. The molecule has 0 saturated heterocycles. The van der Waals surface area contributed by atoms with E-state index in [4.69, 9.17) is 11.6 Å². The van der Waals surface area contributed by atoms with Crippen LogP contribution >= 0.6 is 11.6 Å². The van der Waals surface area contributed by atoms with Gasteiger partial charge in [0.05, 0.1) is 21.2 Å². The third-order valence-corrected chi connectivity index (χ3v) is 7.13. The number of halogens is 5. The van der Waals surface area contributed by atoms with Crippen molar-refractivity contribution in [2.75, 3.05) is 17.4 Å². The summed E-state index contributed by atoms with van der Waals surface area (Å²) in [6.07, 6.45) is -3.73. The van der Waals surface area contributed by atoms with Crippen LogP contribution in [0.5, 0.6) is 0 Å². The van der Waals surface area contributed by atoms with Crippen LogP contribution in [-0.4, -0.2) is 27.4 Å². The van der Waals surface area contributed by atoms with Crippen LogP contribution in [0.25, 0.3) is 0 Å². The van der Waals surface area contributed by atoms with Crippen LogP contribution in [-0.2, 0) is 27.4 Å². The first-order valence-electron chi connectivity index (χ1n) is 10.4. The smallest absolute Gasteiger partial charge is 0.355 e. The van der Waals surface area contributed by atoms with E-state index in [1.807, 2.05) is 0 Å². The van der Waals surface area contributed by atoms with Gasteiger partial charge in [-0.25, -0.2) is 12.8 Å². The van der Waals surface area contributed by atoms with Gasteiger partial charge in [0.1, 0.15) is 12.4 Å². The van der Waals surface area contributed by atoms with Crippen LogP contribution in [0.15, 0.2) is 77.7 Å². The Bertz CT molecular complexity index is 1270. The summed E-state index contributed by atoms with van der Waals surface area (Å²) in [4.78, 5) is 12.4. The Kier molecular flexibility index (Phi) is 8.39. The monoisotopic (exact) mass is 528 g/mol. The first-order valence-corrected chi connectivity index (χ1v) is 12.3. The molecule has 0 aliphatic heterocycles.